The quantitative estimate of drug-likeness (QED) is 0.743. The van der Waals surface area contributed by atoms with Crippen molar-refractivity contribution < 1.29 is 18.8 Å². The van der Waals surface area contributed by atoms with Crippen LogP contribution in [-0.4, -0.2) is 23.8 Å². The van der Waals surface area contributed by atoms with Crippen molar-refractivity contribution in [3.63, 3.8) is 0 Å². The molecule has 0 aromatic heterocycles. The van der Waals surface area contributed by atoms with Crippen molar-refractivity contribution in [3.05, 3.63) is 65.5 Å². The lowest BCUT2D eigenvalue weighted by atomic mass is 10.0. The fourth-order valence-electron chi connectivity index (χ4n) is 2.31. The van der Waals surface area contributed by atoms with E-state index in [-0.39, 0.29) is 17.9 Å². The van der Waals surface area contributed by atoms with Crippen LogP contribution in [0.15, 0.2) is 48.5 Å². The molecule has 7 heteroatoms. The third kappa shape index (κ3) is 5.42. The minimum Gasteiger partial charge on any atom is -0.368 e. The van der Waals surface area contributed by atoms with E-state index >= 15 is 0 Å². The molecule has 0 aliphatic heterocycles. The Labute approximate surface area is 144 Å². The summed E-state index contributed by atoms with van der Waals surface area (Å²) in [5, 5.41) is 5.10. The second kappa shape index (κ2) is 8.05. The number of carbonyl (C=O) groups is 3. The third-order valence-corrected chi connectivity index (χ3v) is 3.42. The second-order valence-corrected chi connectivity index (χ2v) is 5.52. The first-order chi connectivity index (χ1) is 11.8. The van der Waals surface area contributed by atoms with Crippen LogP contribution in [0.25, 0.3) is 0 Å². The van der Waals surface area contributed by atoms with Crippen molar-refractivity contribution in [2.24, 2.45) is 5.73 Å². The molecule has 6 nitrogen and oxygen atoms in total. The predicted octanol–water partition coefficient (Wildman–Crippen LogP) is 1.61. The highest BCUT2D eigenvalue weighted by molar-refractivity contribution is 5.99. The summed E-state index contributed by atoms with van der Waals surface area (Å²) in [5.41, 5.74) is 6.60. The van der Waals surface area contributed by atoms with Gasteiger partial charge in [0.1, 0.15) is 11.9 Å². The van der Waals surface area contributed by atoms with E-state index in [1.54, 1.807) is 24.3 Å². The summed E-state index contributed by atoms with van der Waals surface area (Å²) in [7, 11) is 0. The maximum absolute atomic E-state index is 13.3. The molecule has 0 aliphatic carbocycles. The zero-order valence-corrected chi connectivity index (χ0v) is 13.6. The van der Waals surface area contributed by atoms with Crippen molar-refractivity contribution in [3.8, 4) is 0 Å². The molecule has 2 aromatic carbocycles. The van der Waals surface area contributed by atoms with E-state index in [0.717, 1.165) is 0 Å². The van der Waals surface area contributed by atoms with E-state index in [1.807, 2.05) is 0 Å². The zero-order valence-electron chi connectivity index (χ0n) is 13.6. The first-order valence-corrected chi connectivity index (χ1v) is 7.57. The van der Waals surface area contributed by atoms with Gasteiger partial charge in [-0.05, 0) is 35.9 Å². The van der Waals surface area contributed by atoms with Gasteiger partial charge in [0.05, 0.1) is 0 Å². The number of primary amides is 1. The number of nitrogens with two attached hydrogens (primary N) is 1. The zero-order chi connectivity index (χ0) is 18.4. The summed E-state index contributed by atoms with van der Waals surface area (Å²) in [6.07, 6.45) is 0.0736. The summed E-state index contributed by atoms with van der Waals surface area (Å²) in [6, 6.07) is 11.0. The van der Waals surface area contributed by atoms with E-state index in [0.29, 0.717) is 11.3 Å². The summed E-state index contributed by atoms with van der Waals surface area (Å²) in [4.78, 5) is 35.1. The average molecular weight is 343 g/mol. The molecule has 0 saturated carbocycles. The molecule has 4 N–H and O–H groups in total. The van der Waals surface area contributed by atoms with Crippen LogP contribution < -0.4 is 16.4 Å². The normalized spacial score (nSPS) is 11.4. The lowest BCUT2D eigenvalue weighted by Gasteiger charge is -2.16. The van der Waals surface area contributed by atoms with Crippen molar-refractivity contribution in [1.82, 2.24) is 5.32 Å². The van der Waals surface area contributed by atoms with Crippen LogP contribution in [0.1, 0.15) is 22.8 Å². The van der Waals surface area contributed by atoms with E-state index < -0.39 is 23.7 Å². The number of amides is 3. The van der Waals surface area contributed by atoms with Crippen LogP contribution in [0, 0.1) is 5.82 Å². The Morgan fingerprint density at radius 2 is 1.84 bits per heavy atom. The van der Waals surface area contributed by atoms with Gasteiger partial charge in [-0.15, -0.1) is 0 Å². The maximum Gasteiger partial charge on any atom is 0.252 e. The van der Waals surface area contributed by atoms with E-state index in [1.165, 1.54) is 31.2 Å². The number of rotatable bonds is 6. The Balaban J connectivity index is 2.12. The molecule has 1 atom stereocenters. The highest BCUT2D eigenvalue weighted by Gasteiger charge is 2.20. The van der Waals surface area contributed by atoms with Crippen molar-refractivity contribution >= 4 is 23.4 Å². The van der Waals surface area contributed by atoms with E-state index in [9.17, 15) is 18.8 Å². The standard InChI is InChI=1S/C18H18FN3O3/c1-11(23)21-15-7-3-5-13(10-15)18(25)22-16(17(20)24)9-12-4-2-6-14(19)8-12/h2-8,10,16H,9H2,1H3,(H2,20,24)(H,21,23)(H,22,25)/t16-/m0/s1. The van der Waals surface area contributed by atoms with Crippen molar-refractivity contribution in [2.75, 3.05) is 5.32 Å². The number of nitrogens with one attached hydrogen (secondary N) is 2. The number of carbonyl (C=O) groups excluding carboxylic acids is 3. The number of benzene rings is 2. The predicted molar refractivity (Wildman–Crippen MR) is 91.3 cm³/mol. The van der Waals surface area contributed by atoms with Gasteiger partial charge in [-0.1, -0.05) is 18.2 Å². The molecule has 25 heavy (non-hydrogen) atoms. The van der Waals surface area contributed by atoms with Crippen LogP contribution >= 0.6 is 0 Å². The van der Waals surface area contributed by atoms with Gasteiger partial charge in [0.15, 0.2) is 0 Å². The fraction of sp³-hybridized carbons (Fsp3) is 0.167. The van der Waals surface area contributed by atoms with Gasteiger partial charge in [0.2, 0.25) is 11.8 Å². The summed E-state index contributed by atoms with van der Waals surface area (Å²) < 4.78 is 13.3. The Bertz CT molecular complexity index is 808. The first-order valence-electron chi connectivity index (χ1n) is 7.57. The number of hydrogen-bond acceptors (Lipinski definition) is 3. The minimum atomic E-state index is -0.987. The molecule has 0 fully saturated rings. The smallest absolute Gasteiger partial charge is 0.252 e. The summed E-state index contributed by atoms with van der Waals surface area (Å²) >= 11 is 0. The van der Waals surface area contributed by atoms with Crippen molar-refractivity contribution in [1.29, 1.82) is 0 Å². The van der Waals surface area contributed by atoms with Crippen LogP contribution in [0.2, 0.25) is 0 Å². The van der Waals surface area contributed by atoms with Gasteiger partial charge in [-0.3, -0.25) is 14.4 Å². The van der Waals surface area contributed by atoms with Crippen molar-refractivity contribution in [2.45, 2.75) is 19.4 Å². The summed E-state index contributed by atoms with van der Waals surface area (Å²) in [5.74, 6) is -1.95. The lowest BCUT2D eigenvalue weighted by Crippen LogP contribution is -2.45. The van der Waals surface area contributed by atoms with Crippen LogP contribution in [-0.2, 0) is 16.0 Å². The third-order valence-electron chi connectivity index (χ3n) is 3.42. The van der Waals surface area contributed by atoms with Crippen LogP contribution in [0.3, 0.4) is 0 Å². The van der Waals surface area contributed by atoms with Gasteiger partial charge < -0.3 is 16.4 Å². The number of anilines is 1. The first kappa shape index (κ1) is 18.1. The SMILES string of the molecule is CC(=O)Nc1cccc(C(=O)N[C@@H](Cc2cccc(F)c2)C(N)=O)c1. The van der Waals surface area contributed by atoms with E-state index in [4.69, 9.17) is 5.73 Å². The molecule has 0 spiro atoms. The summed E-state index contributed by atoms with van der Waals surface area (Å²) in [6.45, 7) is 1.36. The largest absolute Gasteiger partial charge is 0.368 e. The monoisotopic (exact) mass is 343 g/mol. The van der Waals surface area contributed by atoms with Gasteiger partial charge in [-0.25, -0.2) is 4.39 Å². The molecule has 0 aliphatic rings. The van der Waals surface area contributed by atoms with Gasteiger partial charge in [-0.2, -0.15) is 0 Å². The van der Waals surface area contributed by atoms with Crippen LogP contribution in [0.4, 0.5) is 10.1 Å². The number of halogens is 1. The molecule has 0 saturated heterocycles. The van der Waals surface area contributed by atoms with Gasteiger partial charge in [0, 0.05) is 24.6 Å². The van der Waals surface area contributed by atoms with Crippen LogP contribution in [0.5, 0.6) is 0 Å². The Morgan fingerprint density at radius 3 is 2.48 bits per heavy atom. The molecule has 0 radical (unpaired) electrons. The second-order valence-electron chi connectivity index (χ2n) is 5.52. The van der Waals surface area contributed by atoms with Gasteiger partial charge in [0.25, 0.3) is 5.91 Å². The molecule has 3 amide bonds. The minimum absolute atomic E-state index is 0.0736. The number of hydrogen-bond donors (Lipinski definition) is 3. The maximum atomic E-state index is 13.3. The molecular formula is C18H18FN3O3. The highest BCUT2D eigenvalue weighted by Crippen LogP contribution is 2.12. The molecule has 2 aromatic rings. The topological polar surface area (TPSA) is 101 Å². The molecule has 0 unspecified atom stereocenters. The molecule has 2 rings (SSSR count). The lowest BCUT2D eigenvalue weighted by molar-refractivity contribution is -0.119. The molecule has 0 heterocycles. The Morgan fingerprint density at radius 1 is 1.12 bits per heavy atom. The Kier molecular flexibility index (Phi) is 5.84. The fourth-order valence-corrected chi connectivity index (χ4v) is 2.31. The van der Waals surface area contributed by atoms with E-state index in [2.05, 4.69) is 10.6 Å². The average Bonchev–Trinajstić information content (AvgIpc) is 2.53. The molecule has 130 valence electrons. The highest BCUT2D eigenvalue weighted by atomic mass is 19.1. The molecule has 0 bridgehead atoms. The van der Waals surface area contributed by atoms with Gasteiger partial charge >= 0.3 is 0 Å². The molecular weight excluding hydrogens is 325 g/mol. The Hall–Kier alpha value is -3.22.